The van der Waals surface area contributed by atoms with E-state index in [1.807, 2.05) is 74.5 Å². The van der Waals surface area contributed by atoms with Crippen molar-refractivity contribution in [3.63, 3.8) is 0 Å². The van der Waals surface area contributed by atoms with E-state index in [-0.39, 0.29) is 0 Å². The summed E-state index contributed by atoms with van der Waals surface area (Å²) in [5.41, 5.74) is 9.51. The summed E-state index contributed by atoms with van der Waals surface area (Å²) in [5.74, 6) is 1.96. The molecule has 3 aromatic rings. The molecule has 0 saturated heterocycles. The average molecular weight is 349 g/mol. The number of hydrogen-bond acceptors (Lipinski definition) is 5. The molecule has 0 saturated carbocycles. The molecule has 3 N–H and O–H groups in total. The van der Waals surface area contributed by atoms with Crippen LogP contribution in [0.25, 0.3) is 0 Å². The summed E-state index contributed by atoms with van der Waals surface area (Å²) >= 11 is 0. The maximum absolute atomic E-state index is 6.30. The Morgan fingerprint density at radius 1 is 0.923 bits per heavy atom. The van der Waals surface area contributed by atoms with Gasteiger partial charge < -0.3 is 20.5 Å². The number of nitrogens with one attached hydrogen (secondary N) is 1. The van der Waals surface area contributed by atoms with Crippen LogP contribution in [0, 0.1) is 13.8 Å². The molecule has 0 bridgehead atoms. The summed E-state index contributed by atoms with van der Waals surface area (Å²) < 4.78 is 11.6. The van der Waals surface area contributed by atoms with Crippen LogP contribution in [0.2, 0.25) is 0 Å². The van der Waals surface area contributed by atoms with Crippen LogP contribution < -0.4 is 20.5 Å². The van der Waals surface area contributed by atoms with E-state index < -0.39 is 0 Å². The molecule has 0 aliphatic rings. The van der Waals surface area contributed by atoms with Crippen LogP contribution in [0.3, 0.4) is 0 Å². The molecule has 0 radical (unpaired) electrons. The van der Waals surface area contributed by atoms with Crippen molar-refractivity contribution in [2.45, 2.75) is 13.8 Å². The predicted molar refractivity (Wildman–Crippen MR) is 105 cm³/mol. The summed E-state index contributed by atoms with van der Waals surface area (Å²) in [6, 6.07) is 19.2. The Kier molecular flexibility index (Phi) is 5.59. The van der Waals surface area contributed by atoms with Crippen LogP contribution in [-0.4, -0.2) is 18.1 Å². The summed E-state index contributed by atoms with van der Waals surface area (Å²) in [6.45, 7) is 5.08. The zero-order chi connectivity index (χ0) is 18.4. The van der Waals surface area contributed by atoms with E-state index in [2.05, 4.69) is 10.3 Å². The number of aryl methyl sites for hydroxylation is 1. The molecule has 3 rings (SSSR count). The second-order valence-electron chi connectivity index (χ2n) is 5.92. The van der Waals surface area contributed by atoms with Gasteiger partial charge in [-0.3, -0.25) is 0 Å². The van der Waals surface area contributed by atoms with Gasteiger partial charge in [0.05, 0.1) is 5.69 Å². The van der Waals surface area contributed by atoms with Crippen LogP contribution >= 0.6 is 0 Å². The Morgan fingerprint density at radius 3 is 2.19 bits per heavy atom. The highest BCUT2D eigenvalue weighted by Gasteiger charge is 2.14. The monoisotopic (exact) mass is 349 g/mol. The number of para-hydroxylation sites is 2. The molecule has 0 amide bonds. The fraction of sp³-hybridized carbons (Fsp3) is 0.190. The van der Waals surface area contributed by atoms with Crippen molar-refractivity contribution in [3.05, 3.63) is 71.9 Å². The van der Waals surface area contributed by atoms with Crippen LogP contribution in [0.1, 0.15) is 11.3 Å². The number of hydrogen-bond donors (Lipinski definition) is 2. The van der Waals surface area contributed by atoms with Gasteiger partial charge in [0.15, 0.2) is 0 Å². The highest BCUT2D eigenvalue weighted by Crippen LogP contribution is 2.35. The molecule has 0 unspecified atom stereocenters. The van der Waals surface area contributed by atoms with Gasteiger partial charge in [-0.1, -0.05) is 36.4 Å². The first kappa shape index (κ1) is 17.6. The molecule has 134 valence electrons. The second-order valence-corrected chi connectivity index (χ2v) is 5.92. The van der Waals surface area contributed by atoms with Gasteiger partial charge in [0.25, 0.3) is 0 Å². The van der Waals surface area contributed by atoms with Gasteiger partial charge in [-0.05, 0) is 43.7 Å². The molecular formula is C21H23N3O2. The number of aromatic nitrogens is 1. The van der Waals surface area contributed by atoms with E-state index in [0.29, 0.717) is 30.5 Å². The smallest absolute Gasteiger partial charge is 0.245 e. The third kappa shape index (κ3) is 4.25. The van der Waals surface area contributed by atoms with Gasteiger partial charge in [-0.15, -0.1) is 0 Å². The van der Waals surface area contributed by atoms with Crippen LogP contribution in [0.15, 0.2) is 60.7 Å². The highest BCUT2D eigenvalue weighted by molar-refractivity contribution is 5.75. The maximum atomic E-state index is 6.30. The molecule has 0 aliphatic carbocycles. The number of anilines is 2. The van der Waals surface area contributed by atoms with Gasteiger partial charge in [0.2, 0.25) is 5.88 Å². The van der Waals surface area contributed by atoms with E-state index in [0.717, 1.165) is 22.7 Å². The van der Waals surface area contributed by atoms with E-state index in [4.69, 9.17) is 15.2 Å². The number of rotatable bonds is 7. The van der Waals surface area contributed by atoms with Crippen molar-refractivity contribution in [2.24, 2.45) is 0 Å². The number of ether oxygens (including phenoxy) is 2. The number of benzene rings is 2. The lowest BCUT2D eigenvalue weighted by atomic mass is 10.1. The Morgan fingerprint density at radius 2 is 1.54 bits per heavy atom. The molecule has 2 aromatic carbocycles. The van der Waals surface area contributed by atoms with Gasteiger partial charge in [0.1, 0.15) is 23.8 Å². The fourth-order valence-corrected chi connectivity index (χ4v) is 2.55. The van der Waals surface area contributed by atoms with E-state index in [9.17, 15) is 0 Å². The minimum absolute atomic E-state index is 0.408. The topological polar surface area (TPSA) is 69.4 Å². The summed E-state index contributed by atoms with van der Waals surface area (Å²) in [4.78, 5) is 4.49. The third-order valence-electron chi connectivity index (χ3n) is 4.06. The van der Waals surface area contributed by atoms with Gasteiger partial charge in [-0.2, -0.15) is 0 Å². The quantitative estimate of drug-likeness (QED) is 0.612. The van der Waals surface area contributed by atoms with Crippen molar-refractivity contribution in [2.75, 3.05) is 24.2 Å². The molecule has 5 heteroatoms. The van der Waals surface area contributed by atoms with Gasteiger partial charge >= 0.3 is 0 Å². The summed E-state index contributed by atoms with van der Waals surface area (Å²) in [7, 11) is 0. The standard InChI is InChI=1S/C21H23N3O2/c1-15-16(2)24-21(26-18-11-7-4-8-12-18)19(22)20(15)23-13-14-25-17-9-5-3-6-10-17/h3-12H,13-14,22H2,1-2H3,(H,23,24). The van der Waals surface area contributed by atoms with E-state index in [1.165, 1.54) is 0 Å². The Hall–Kier alpha value is -3.21. The van der Waals surface area contributed by atoms with E-state index >= 15 is 0 Å². The van der Waals surface area contributed by atoms with Crippen molar-refractivity contribution in [1.29, 1.82) is 0 Å². The second kappa shape index (κ2) is 8.25. The SMILES string of the molecule is Cc1nc(Oc2ccccc2)c(N)c(NCCOc2ccccc2)c1C. The molecular weight excluding hydrogens is 326 g/mol. The molecule has 5 nitrogen and oxygen atoms in total. The molecule has 0 aliphatic heterocycles. The molecule has 1 aromatic heterocycles. The zero-order valence-electron chi connectivity index (χ0n) is 15.0. The van der Waals surface area contributed by atoms with Crippen LogP contribution in [0.5, 0.6) is 17.4 Å². The molecule has 1 heterocycles. The minimum atomic E-state index is 0.408. The number of nitrogen functional groups attached to an aromatic ring is 1. The van der Waals surface area contributed by atoms with Crippen LogP contribution in [-0.2, 0) is 0 Å². The largest absolute Gasteiger partial charge is 0.492 e. The van der Waals surface area contributed by atoms with Gasteiger partial charge in [-0.25, -0.2) is 4.98 Å². The third-order valence-corrected chi connectivity index (χ3v) is 4.06. The Bertz CT molecular complexity index is 852. The zero-order valence-corrected chi connectivity index (χ0v) is 15.0. The van der Waals surface area contributed by atoms with Crippen LogP contribution in [0.4, 0.5) is 11.4 Å². The first-order valence-corrected chi connectivity index (χ1v) is 8.56. The summed E-state index contributed by atoms with van der Waals surface area (Å²) in [6.07, 6.45) is 0. The normalized spacial score (nSPS) is 10.4. The first-order valence-electron chi connectivity index (χ1n) is 8.56. The minimum Gasteiger partial charge on any atom is -0.492 e. The number of nitrogens with two attached hydrogens (primary N) is 1. The summed E-state index contributed by atoms with van der Waals surface area (Å²) in [5, 5.41) is 3.35. The highest BCUT2D eigenvalue weighted by atomic mass is 16.5. The molecule has 0 atom stereocenters. The lowest BCUT2D eigenvalue weighted by Crippen LogP contribution is -2.14. The van der Waals surface area contributed by atoms with Crippen molar-refractivity contribution in [1.82, 2.24) is 4.98 Å². The number of nitrogens with zero attached hydrogens (tertiary/aromatic N) is 1. The molecule has 0 fully saturated rings. The lowest BCUT2D eigenvalue weighted by molar-refractivity contribution is 0.333. The lowest BCUT2D eigenvalue weighted by Gasteiger charge is -2.17. The fourth-order valence-electron chi connectivity index (χ4n) is 2.55. The predicted octanol–water partition coefficient (Wildman–Crippen LogP) is 4.56. The Labute approximate surface area is 153 Å². The van der Waals surface area contributed by atoms with Crippen molar-refractivity contribution >= 4 is 11.4 Å². The van der Waals surface area contributed by atoms with Gasteiger partial charge in [0, 0.05) is 12.2 Å². The maximum Gasteiger partial charge on any atom is 0.245 e. The Balaban J connectivity index is 1.69. The van der Waals surface area contributed by atoms with E-state index in [1.54, 1.807) is 0 Å². The average Bonchev–Trinajstić information content (AvgIpc) is 2.67. The number of pyridine rings is 1. The van der Waals surface area contributed by atoms with Crippen molar-refractivity contribution in [3.8, 4) is 17.4 Å². The van der Waals surface area contributed by atoms with Crippen molar-refractivity contribution < 1.29 is 9.47 Å². The first-order chi connectivity index (χ1) is 12.6. The molecule has 0 spiro atoms. The molecule has 26 heavy (non-hydrogen) atoms.